The molecule has 2 nitrogen and oxygen atoms in total. The summed E-state index contributed by atoms with van der Waals surface area (Å²) in [6.45, 7) is 3.33. The molecule has 0 unspecified atom stereocenters. The van der Waals surface area contributed by atoms with E-state index < -0.39 is 0 Å². The van der Waals surface area contributed by atoms with Gasteiger partial charge in [-0.3, -0.25) is 0 Å². The molecule has 4 heteroatoms. The van der Waals surface area contributed by atoms with Gasteiger partial charge in [0.2, 0.25) is 0 Å². The molecule has 1 aromatic rings. The summed E-state index contributed by atoms with van der Waals surface area (Å²) in [5.41, 5.74) is 3.75. The van der Waals surface area contributed by atoms with Gasteiger partial charge in [-0.2, -0.15) is 0 Å². The summed E-state index contributed by atoms with van der Waals surface area (Å²) in [6, 6.07) is 6.79. The van der Waals surface area contributed by atoms with Crippen LogP contribution in [-0.4, -0.2) is 12.6 Å². The Morgan fingerprint density at radius 2 is 2.33 bits per heavy atom. The third kappa shape index (κ3) is 4.30. The standard InChI is InChI=1S/C14H17BrClNO/c1-10(7-16)9-18-14-5-2-12(15)6-11(14)8-17-13-3-4-13/h2,5-7,13,17H,3-4,8-9H2,1H3/b10-7-. The smallest absolute Gasteiger partial charge is 0.124 e. The van der Waals surface area contributed by atoms with Crippen LogP contribution in [0.15, 0.2) is 33.8 Å². The Kier molecular flexibility index (Phi) is 5.10. The highest BCUT2D eigenvalue weighted by atomic mass is 79.9. The first-order chi connectivity index (χ1) is 8.69. The molecule has 0 radical (unpaired) electrons. The first-order valence-corrected chi connectivity index (χ1v) is 7.32. The number of benzene rings is 1. The molecule has 0 bridgehead atoms. The highest BCUT2D eigenvalue weighted by Crippen LogP contribution is 2.26. The predicted molar refractivity (Wildman–Crippen MR) is 79.1 cm³/mol. The molecule has 0 heterocycles. The van der Waals surface area contributed by atoms with Crippen LogP contribution in [-0.2, 0) is 6.54 Å². The molecule has 0 aliphatic heterocycles. The summed E-state index contributed by atoms with van der Waals surface area (Å²) in [6.07, 6.45) is 2.58. The zero-order valence-corrected chi connectivity index (χ0v) is 12.7. The fourth-order valence-corrected chi connectivity index (χ4v) is 2.06. The minimum absolute atomic E-state index is 0.529. The van der Waals surface area contributed by atoms with E-state index in [4.69, 9.17) is 16.3 Å². The van der Waals surface area contributed by atoms with Crippen molar-refractivity contribution in [2.24, 2.45) is 0 Å². The van der Waals surface area contributed by atoms with E-state index in [9.17, 15) is 0 Å². The summed E-state index contributed by atoms with van der Waals surface area (Å²) in [7, 11) is 0. The van der Waals surface area contributed by atoms with E-state index in [2.05, 4.69) is 27.3 Å². The molecule has 1 fully saturated rings. The monoisotopic (exact) mass is 329 g/mol. The van der Waals surface area contributed by atoms with Crippen LogP contribution in [0.4, 0.5) is 0 Å². The van der Waals surface area contributed by atoms with Crippen LogP contribution < -0.4 is 10.1 Å². The van der Waals surface area contributed by atoms with Crippen LogP contribution in [0.3, 0.4) is 0 Å². The molecule has 0 saturated heterocycles. The second-order valence-electron chi connectivity index (χ2n) is 4.65. The number of rotatable bonds is 6. The minimum atomic E-state index is 0.529. The van der Waals surface area contributed by atoms with Crippen molar-refractivity contribution in [2.45, 2.75) is 32.4 Å². The maximum absolute atomic E-state index is 5.78. The van der Waals surface area contributed by atoms with Gasteiger partial charge in [0.15, 0.2) is 0 Å². The fraction of sp³-hybridized carbons (Fsp3) is 0.429. The highest BCUT2D eigenvalue weighted by molar-refractivity contribution is 9.10. The Morgan fingerprint density at radius 3 is 3.00 bits per heavy atom. The third-order valence-electron chi connectivity index (χ3n) is 2.82. The fourth-order valence-electron chi connectivity index (χ4n) is 1.59. The number of halogens is 2. The molecule has 1 saturated carbocycles. The SMILES string of the molecule is C/C(=C/Cl)COc1ccc(Br)cc1CNC1CC1. The van der Waals surface area contributed by atoms with Crippen molar-refractivity contribution < 1.29 is 4.74 Å². The van der Waals surface area contributed by atoms with Gasteiger partial charge < -0.3 is 10.1 Å². The molecule has 1 aliphatic rings. The number of hydrogen-bond acceptors (Lipinski definition) is 2. The maximum Gasteiger partial charge on any atom is 0.124 e. The Bertz CT molecular complexity index is 443. The summed E-state index contributed by atoms with van der Waals surface area (Å²) in [5.74, 6) is 0.921. The molecule has 0 spiro atoms. The topological polar surface area (TPSA) is 21.3 Å². The first-order valence-electron chi connectivity index (χ1n) is 6.09. The van der Waals surface area contributed by atoms with Crippen LogP contribution in [0.5, 0.6) is 5.75 Å². The van der Waals surface area contributed by atoms with Crippen molar-refractivity contribution >= 4 is 27.5 Å². The van der Waals surface area contributed by atoms with Crippen molar-refractivity contribution in [1.29, 1.82) is 0 Å². The van der Waals surface area contributed by atoms with Gasteiger partial charge in [-0.15, -0.1) is 0 Å². The average molecular weight is 331 g/mol. The third-order valence-corrected chi connectivity index (χ3v) is 3.69. The lowest BCUT2D eigenvalue weighted by atomic mass is 10.2. The van der Waals surface area contributed by atoms with Crippen LogP contribution in [0.25, 0.3) is 0 Å². The normalized spacial score (nSPS) is 15.8. The molecule has 1 aromatic carbocycles. The molecule has 2 rings (SSSR count). The van der Waals surface area contributed by atoms with Crippen molar-refractivity contribution in [3.05, 3.63) is 39.3 Å². The van der Waals surface area contributed by atoms with Crippen molar-refractivity contribution in [3.8, 4) is 5.75 Å². The molecule has 18 heavy (non-hydrogen) atoms. The lowest BCUT2D eigenvalue weighted by molar-refractivity contribution is 0.347. The average Bonchev–Trinajstić information content (AvgIpc) is 3.18. The lowest BCUT2D eigenvalue weighted by Gasteiger charge is -2.12. The van der Waals surface area contributed by atoms with Crippen molar-refractivity contribution in [3.63, 3.8) is 0 Å². The summed E-state index contributed by atoms with van der Waals surface area (Å²) < 4.78 is 6.86. The molecule has 1 N–H and O–H groups in total. The van der Waals surface area contributed by atoms with E-state index in [1.807, 2.05) is 19.1 Å². The molecule has 0 amide bonds. The van der Waals surface area contributed by atoms with Gasteiger partial charge in [-0.25, -0.2) is 0 Å². The van der Waals surface area contributed by atoms with E-state index >= 15 is 0 Å². The summed E-state index contributed by atoms with van der Waals surface area (Å²) in [4.78, 5) is 0. The number of ether oxygens (including phenoxy) is 1. The highest BCUT2D eigenvalue weighted by Gasteiger charge is 2.20. The largest absolute Gasteiger partial charge is 0.489 e. The molecule has 98 valence electrons. The van der Waals surface area contributed by atoms with E-state index in [-0.39, 0.29) is 0 Å². The molecule has 0 aromatic heterocycles. The number of nitrogens with one attached hydrogen (secondary N) is 1. The minimum Gasteiger partial charge on any atom is -0.489 e. The second kappa shape index (κ2) is 6.60. The van der Waals surface area contributed by atoms with Crippen LogP contribution in [0, 0.1) is 0 Å². The van der Waals surface area contributed by atoms with E-state index in [1.165, 1.54) is 18.4 Å². The predicted octanol–water partition coefficient (Wildman–Crippen LogP) is 4.22. The molecular formula is C14H17BrClNO. The van der Waals surface area contributed by atoms with E-state index in [1.54, 1.807) is 5.54 Å². The Balaban J connectivity index is 2.01. The van der Waals surface area contributed by atoms with Gasteiger partial charge in [0.25, 0.3) is 0 Å². The summed E-state index contributed by atoms with van der Waals surface area (Å²) >= 11 is 9.13. The van der Waals surface area contributed by atoms with Gasteiger partial charge in [0.1, 0.15) is 12.4 Å². The zero-order valence-electron chi connectivity index (χ0n) is 10.4. The van der Waals surface area contributed by atoms with Crippen molar-refractivity contribution in [2.75, 3.05) is 6.61 Å². The maximum atomic E-state index is 5.78. The van der Waals surface area contributed by atoms with Crippen LogP contribution in [0.2, 0.25) is 0 Å². The van der Waals surface area contributed by atoms with E-state index in [0.717, 1.165) is 22.3 Å². The quantitative estimate of drug-likeness (QED) is 0.843. The summed E-state index contributed by atoms with van der Waals surface area (Å²) in [5, 5.41) is 3.50. The van der Waals surface area contributed by atoms with E-state index in [0.29, 0.717) is 12.6 Å². The van der Waals surface area contributed by atoms with Gasteiger partial charge in [-0.1, -0.05) is 27.5 Å². The van der Waals surface area contributed by atoms with Gasteiger partial charge in [0, 0.05) is 28.2 Å². The Morgan fingerprint density at radius 1 is 1.56 bits per heavy atom. The van der Waals surface area contributed by atoms with Gasteiger partial charge in [-0.05, 0) is 43.5 Å². The number of hydrogen-bond donors (Lipinski definition) is 1. The lowest BCUT2D eigenvalue weighted by Crippen LogP contribution is -2.16. The zero-order chi connectivity index (χ0) is 13.0. The molecule has 1 aliphatic carbocycles. The Hall–Kier alpha value is -0.510. The van der Waals surface area contributed by atoms with Gasteiger partial charge >= 0.3 is 0 Å². The van der Waals surface area contributed by atoms with Crippen LogP contribution >= 0.6 is 27.5 Å². The second-order valence-corrected chi connectivity index (χ2v) is 5.79. The van der Waals surface area contributed by atoms with Gasteiger partial charge in [0.05, 0.1) is 0 Å². The van der Waals surface area contributed by atoms with Crippen LogP contribution in [0.1, 0.15) is 25.3 Å². The first kappa shape index (κ1) is 13.9. The van der Waals surface area contributed by atoms with Crippen molar-refractivity contribution in [1.82, 2.24) is 5.32 Å². The Labute approximate surface area is 121 Å². The molecule has 0 atom stereocenters. The molecular weight excluding hydrogens is 314 g/mol.